The molecule has 4 rings (SSSR count). The summed E-state index contributed by atoms with van der Waals surface area (Å²) in [4.78, 5) is 34.4. The monoisotopic (exact) mass is 594 g/mol. The normalized spacial score (nSPS) is 14.6. The van der Waals surface area contributed by atoms with Gasteiger partial charge in [-0.25, -0.2) is 19.1 Å². The van der Waals surface area contributed by atoms with E-state index in [1.807, 2.05) is 71.9 Å². The van der Waals surface area contributed by atoms with Gasteiger partial charge < -0.3 is 24.4 Å². The van der Waals surface area contributed by atoms with Crippen molar-refractivity contribution in [2.45, 2.75) is 97.9 Å². The number of carbonyl (C=O) groups excluding carboxylic acids is 2. The van der Waals surface area contributed by atoms with Crippen LogP contribution in [0.4, 0.5) is 21.1 Å². The van der Waals surface area contributed by atoms with Gasteiger partial charge in [-0.15, -0.1) is 5.10 Å². The van der Waals surface area contributed by atoms with Gasteiger partial charge in [-0.2, -0.15) is 0 Å². The number of nitrogens with one attached hydrogen (secondary N) is 1. The maximum atomic E-state index is 13.8. The first-order chi connectivity index (χ1) is 20.1. The average Bonchev–Trinajstić information content (AvgIpc) is 3.34. The van der Waals surface area contributed by atoms with Crippen LogP contribution in [-0.4, -0.2) is 69.1 Å². The van der Waals surface area contributed by atoms with Crippen LogP contribution in [0.5, 0.6) is 5.75 Å². The fraction of sp³-hybridized carbons (Fsp3) is 0.562. The van der Waals surface area contributed by atoms with Crippen molar-refractivity contribution in [2.75, 3.05) is 30.4 Å². The lowest BCUT2D eigenvalue weighted by molar-refractivity contribution is 0.0210. The molecule has 0 radical (unpaired) electrons. The van der Waals surface area contributed by atoms with Gasteiger partial charge in [0, 0.05) is 30.8 Å². The third kappa shape index (κ3) is 8.09. The Hall–Kier alpha value is -4.02. The van der Waals surface area contributed by atoms with E-state index in [0.29, 0.717) is 36.0 Å². The van der Waals surface area contributed by atoms with E-state index in [1.165, 1.54) is 0 Å². The summed E-state index contributed by atoms with van der Waals surface area (Å²) in [6.07, 6.45) is 2.46. The average molecular weight is 595 g/mol. The highest BCUT2D eigenvalue weighted by Crippen LogP contribution is 2.32. The van der Waals surface area contributed by atoms with Crippen LogP contribution in [-0.2, 0) is 16.0 Å². The van der Waals surface area contributed by atoms with Crippen LogP contribution in [0.25, 0.3) is 5.65 Å². The predicted octanol–water partition coefficient (Wildman–Crippen LogP) is 6.61. The van der Waals surface area contributed by atoms with Crippen molar-refractivity contribution in [3.8, 4) is 5.75 Å². The highest BCUT2D eigenvalue weighted by atomic mass is 16.6. The molecule has 0 aliphatic carbocycles. The highest BCUT2D eigenvalue weighted by molar-refractivity contribution is 5.93. The molecule has 1 aromatic carbocycles. The summed E-state index contributed by atoms with van der Waals surface area (Å²) in [6.45, 7) is 16.7. The molecule has 0 spiro atoms. The predicted molar refractivity (Wildman–Crippen MR) is 167 cm³/mol. The number of piperidine rings is 1. The third-order valence-electron chi connectivity index (χ3n) is 6.99. The number of methoxy groups -OCH3 is 1. The van der Waals surface area contributed by atoms with Crippen molar-refractivity contribution in [1.29, 1.82) is 0 Å². The number of ether oxygens (including phenoxy) is 3. The van der Waals surface area contributed by atoms with E-state index in [4.69, 9.17) is 24.3 Å². The van der Waals surface area contributed by atoms with E-state index >= 15 is 0 Å². The van der Waals surface area contributed by atoms with Gasteiger partial charge >= 0.3 is 12.2 Å². The molecule has 43 heavy (non-hydrogen) atoms. The molecule has 0 bridgehead atoms. The van der Waals surface area contributed by atoms with Crippen molar-refractivity contribution >= 4 is 29.3 Å². The zero-order valence-corrected chi connectivity index (χ0v) is 26.9. The molecule has 0 unspecified atom stereocenters. The number of carbonyl (C=O) groups is 2. The molecular formula is C32H46N6O5. The number of likely N-dealkylation sites (tertiary alicyclic amines) is 1. The number of rotatable bonds is 7. The minimum atomic E-state index is -0.707. The standard InChI is InChI=1S/C32H46N6O5/c1-21(2)25-19-33-28-24(37(30(40)43-32(6,7)8)20-22-12-10-11-13-26(22)41-9)18-27(35-38(25)28)34-23-14-16-36(17-15-23)29(39)42-31(3,4)5/h10-13,18-19,21,23H,14-17,20H2,1-9H3,(H,34,35). The number of aromatic nitrogens is 3. The van der Waals surface area contributed by atoms with Gasteiger partial charge in [-0.05, 0) is 66.4 Å². The molecule has 2 aromatic heterocycles. The van der Waals surface area contributed by atoms with Crippen LogP contribution in [0.2, 0.25) is 0 Å². The minimum Gasteiger partial charge on any atom is -0.496 e. The third-order valence-corrected chi connectivity index (χ3v) is 6.99. The molecule has 1 saturated heterocycles. The first-order valence-electron chi connectivity index (χ1n) is 14.9. The summed E-state index contributed by atoms with van der Waals surface area (Å²) < 4.78 is 18.8. The molecule has 11 nitrogen and oxygen atoms in total. The Morgan fingerprint density at radius 3 is 2.30 bits per heavy atom. The Morgan fingerprint density at radius 2 is 1.70 bits per heavy atom. The summed E-state index contributed by atoms with van der Waals surface area (Å²) in [6, 6.07) is 9.53. The molecule has 3 aromatic rings. The Morgan fingerprint density at radius 1 is 1.05 bits per heavy atom. The van der Waals surface area contributed by atoms with E-state index < -0.39 is 17.3 Å². The van der Waals surface area contributed by atoms with Gasteiger partial charge in [0.05, 0.1) is 31.2 Å². The SMILES string of the molecule is COc1ccccc1CN(C(=O)OC(C)(C)C)c1cc(NC2CCN(C(=O)OC(C)(C)C)CC2)nn2c(C(C)C)cnc12. The van der Waals surface area contributed by atoms with Crippen LogP contribution in [0.15, 0.2) is 36.5 Å². The van der Waals surface area contributed by atoms with Crippen molar-refractivity contribution in [2.24, 2.45) is 0 Å². The molecule has 1 fully saturated rings. The molecule has 2 amide bonds. The maximum Gasteiger partial charge on any atom is 0.415 e. The van der Waals surface area contributed by atoms with E-state index in [9.17, 15) is 9.59 Å². The van der Waals surface area contributed by atoms with Crippen LogP contribution < -0.4 is 15.0 Å². The van der Waals surface area contributed by atoms with Gasteiger partial charge in [0.25, 0.3) is 0 Å². The molecule has 234 valence electrons. The second kappa shape index (κ2) is 12.7. The number of hydrogen-bond donors (Lipinski definition) is 1. The minimum absolute atomic E-state index is 0.0757. The summed E-state index contributed by atoms with van der Waals surface area (Å²) in [7, 11) is 1.61. The van der Waals surface area contributed by atoms with Crippen LogP contribution in [0.1, 0.15) is 85.4 Å². The molecular weight excluding hydrogens is 548 g/mol. The first-order valence-corrected chi connectivity index (χ1v) is 14.9. The Labute approximate surface area is 254 Å². The van der Waals surface area contributed by atoms with E-state index in [2.05, 4.69) is 19.2 Å². The summed E-state index contributed by atoms with van der Waals surface area (Å²) >= 11 is 0. The second-order valence-electron chi connectivity index (χ2n) is 13.3. The number of anilines is 2. The fourth-order valence-electron chi connectivity index (χ4n) is 4.94. The lowest BCUT2D eigenvalue weighted by Crippen LogP contribution is -2.44. The lowest BCUT2D eigenvalue weighted by atomic mass is 10.1. The largest absolute Gasteiger partial charge is 0.496 e. The van der Waals surface area contributed by atoms with E-state index in [1.54, 1.807) is 27.6 Å². The van der Waals surface area contributed by atoms with Crippen molar-refractivity contribution in [3.63, 3.8) is 0 Å². The highest BCUT2D eigenvalue weighted by Gasteiger charge is 2.30. The number of nitrogens with zero attached hydrogens (tertiary/aromatic N) is 5. The topological polar surface area (TPSA) is 111 Å². The van der Waals surface area contributed by atoms with Crippen molar-refractivity contribution in [1.82, 2.24) is 19.5 Å². The van der Waals surface area contributed by atoms with Crippen molar-refractivity contribution in [3.05, 3.63) is 47.8 Å². The lowest BCUT2D eigenvalue weighted by Gasteiger charge is -2.34. The number of imidazole rings is 1. The second-order valence-corrected chi connectivity index (χ2v) is 13.3. The van der Waals surface area contributed by atoms with Crippen LogP contribution in [0, 0.1) is 0 Å². The van der Waals surface area contributed by atoms with Gasteiger partial charge in [-0.3, -0.25) is 4.90 Å². The molecule has 1 N–H and O–H groups in total. The summed E-state index contributed by atoms with van der Waals surface area (Å²) in [5, 5.41) is 8.47. The summed E-state index contributed by atoms with van der Waals surface area (Å²) in [5.41, 5.74) is 1.61. The van der Waals surface area contributed by atoms with Crippen molar-refractivity contribution < 1.29 is 23.8 Å². The Kier molecular flexibility index (Phi) is 9.41. The van der Waals surface area contributed by atoms with Gasteiger partial charge in [0.2, 0.25) is 0 Å². The molecule has 0 saturated carbocycles. The number of benzene rings is 1. The molecule has 1 aliphatic rings. The molecule has 11 heteroatoms. The van der Waals surface area contributed by atoms with Gasteiger partial charge in [-0.1, -0.05) is 32.0 Å². The maximum absolute atomic E-state index is 13.8. The number of fused-ring (bicyclic) bond motifs is 1. The molecule has 1 aliphatic heterocycles. The van der Waals surface area contributed by atoms with Gasteiger partial charge in [0.1, 0.15) is 22.8 Å². The fourth-order valence-corrected chi connectivity index (χ4v) is 4.94. The number of amides is 2. The quantitative estimate of drug-likeness (QED) is 0.325. The van der Waals surface area contributed by atoms with Gasteiger partial charge in [0.15, 0.2) is 5.65 Å². The molecule has 0 atom stereocenters. The number of hydrogen-bond acceptors (Lipinski definition) is 8. The van der Waals surface area contributed by atoms with E-state index in [-0.39, 0.29) is 24.6 Å². The van der Waals surface area contributed by atoms with E-state index in [0.717, 1.165) is 24.1 Å². The molecule has 3 heterocycles. The Bertz CT molecular complexity index is 1430. The zero-order chi connectivity index (χ0) is 31.5. The summed E-state index contributed by atoms with van der Waals surface area (Å²) in [5.74, 6) is 1.42. The first kappa shape index (κ1) is 31.9. The zero-order valence-electron chi connectivity index (χ0n) is 26.9. The smallest absolute Gasteiger partial charge is 0.415 e. The van der Waals surface area contributed by atoms with Crippen LogP contribution >= 0.6 is 0 Å². The number of para-hydroxylation sites is 1. The Balaban J connectivity index is 1.70. The van der Waals surface area contributed by atoms with Crippen LogP contribution in [0.3, 0.4) is 0 Å².